The topological polar surface area (TPSA) is 13.1 Å². The number of hydrogen-bond acceptors (Lipinski definition) is 1. The molecule has 1 nitrogen and oxygen atoms in total. The predicted molar refractivity (Wildman–Crippen MR) is 227 cm³/mol. The third-order valence-corrected chi connectivity index (χ3v) is 10.9. The highest BCUT2D eigenvalue weighted by atomic mass is 16.3. The van der Waals surface area contributed by atoms with E-state index in [-0.39, 0.29) is 5.92 Å². The van der Waals surface area contributed by atoms with Crippen LogP contribution in [0.25, 0.3) is 77.2 Å². The highest BCUT2D eigenvalue weighted by Crippen LogP contribution is 2.44. The zero-order valence-electron chi connectivity index (χ0n) is 29.7. The van der Waals surface area contributed by atoms with Crippen LogP contribution in [0.15, 0.2) is 217 Å². The van der Waals surface area contributed by atoms with Crippen molar-refractivity contribution in [2.24, 2.45) is 0 Å². The predicted octanol–water partition coefficient (Wildman–Crippen LogP) is 14.6. The third kappa shape index (κ3) is 5.68. The molecule has 0 saturated carbocycles. The second-order valence-electron chi connectivity index (χ2n) is 14.0. The summed E-state index contributed by atoms with van der Waals surface area (Å²) in [7, 11) is 0. The number of rotatable bonds is 7. The molecule has 0 bridgehead atoms. The standard InChI is InChI=1S/C53H36O/c1-4-12-36(13-5-1)38-20-26-43(27-21-38)50(44-28-22-39(23-29-44)37-14-6-2-7-15-37)45-30-24-42(25-31-45)46-34-35-48(40-16-8-3-9-17-40)53-51(46)49-33-32-41-18-10-11-19-47(41)52(49)54-53/h1-35,50H. The minimum atomic E-state index is 0.0651. The fourth-order valence-electron chi connectivity index (χ4n) is 8.12. The molecule has 1 heteroatoms. The van der Waals surface area contributed by atoms with Crippen molar-refractivity contribution in [1.82, 2.24) is 0 Å². The summed E-state index contributed by atoms with van der Waals surface area (Å²) < 4.78 is 6.87. The maximum atomic E-state index is 6.87. The summed E-state index contributed by atoms with van der Waals surface area (Å²) in [5.74, 6) is 0.0651. The molecule has 54 heavy (non-hydrogen) atoms. The summed E-state index contributed by atoms with van der Waals surface area (Å²) in [6.07, 6.45) is 0. The van der Waals surface area contributed by atoms with Crippen molar-refractivity contribution in [3.05, 3.63) is 229 Å². The van der Waals surface area contributed by atoms with E-state index < -0.39 is 0 Å². The minimum Gasteiger partial charge on any atom is -0.455 e. The lowest BCUT2D eigenvalue weighted by atomic mass is 9.83. The van der Waals surface area contributed by atoms with Gasteiger partial charge < -0.3 is 4.42 Å². The Hall–Kier alpha value is -6.96. The van der Waals surface area contributed by atoms with E-state index in [9.17, 15) is 0 Å². The van der Waals surface area contributed by atoms with Gasteiger partial charge in [-0.2, -0.15) is 0 Å². The van der Waals surface area contributed by atoms with Crippen molar-refractivity contribution in [3.8, 4) is 44.5 Å². The third-order valence-electron chi connectivity index (χ3n) is 10.9. The summed E-state index contributed by atoms with van der Waals surface area (Å²) in [6.45, 7) is 0. The molecule has 10 aromatic rings. The second kappa shape index (κ2) is 13.5. The van der Waals surface area contributed by atoms with Crippen LogP contribution in [0.3, 0.4) is 0 Å². The molecule has 9 aromatic carbocycles. The smallest absolute Gasteiger partial charge is 0.143 e. The molecule has 0 unspecified atom stereocenters. The van der Waals surface area contributed by atoms with Gasteiger partial charge in [0.1, 0.15) is 11.2 Å². The molecule has 254 valence electrons. The number of fused-ring (bicyclic) bond motifs is 5. The molecule has 0 aliphatic carbocycles. The summed E-state index contributed by atoms with van der Waals surface area (Å²) >= 11 is 0. The van der Waals surface area contributed by atoms with E-state index in [1.54, 1.807) is 0 Å². The lowest BCUT2D eigenvalue weighted by molar-refractivity contribution is 0.674. The van der Waals surface area contributed by atoms with Gasteiger partial charge in [0.05, 0.1) is 0 Å². The van der Waals surface area contributed by atoms with E-state index in [2.05, 4.69) is 212 Å². The van der Waals surface area contributed by atoms with E-state index >= 15 is 0 Å². The van der Waals surface area contributed by atoms with Crippen molar-refractivity contribution in [3.63, 3.8) is 0 Å². The molecule has 0 spiro atoms. The summed E-state index contributed by atoms with van der Waals surface area (Å²) in [5, 5.41) is 4.59. The van der Waals surface area contributed by atoms with Crippen molar-refractivity contribution >= 4 is 32.7 Å². The normalized spacial score (nSPS) is 11.5. The first kappa shape index (κ1) is 31.7. The zero-order valence-corrected chi connectivity index (χ0v) is 29.7. The molecule has 0 saturated heterocycles. The Morgan fingerprint density at radius 1 is 0.278 bits per heavy atom. The number of hydrogen-bond donors (Lipinski definition) is 0. The molecule has 0 aliphatic rings. The summed E-state index contributed by atoms with van der Waals surface area (Å²) in [6, 6.07) is 76.6. The quantitative estimate of drug-likeness (QED) is 0.152. The van der Waals surface area contributed by atoms with Gasteiger partial charge in [0.2, 0.25) is 0 Å². The van der Waals surface area contributed by atoms with Crippen LogP contribution in [0.4, 0.5) is 0 Å². The lowest BCUT2D eigenvalue weighted by Gasteiger charge is -2.20. The molecule has 0 amide bonds. The van der Waals surface area contributed by atoms with Crippen LogP contribution in [0.2, 0.25) is 0 Å². The van der Waals surface area contributed by atoms with E-state index in [1.165, 1.54) is 49.9 Å². The lowest BCUT2D eigenvalue weighted by Crippen LogP contribution is -2.03. The zero-order chi connectivity index (χ0) is 35.8. The monoisotopic (exact) mass is 688 g/mol. The molecule has 1 heterocycles. The first-order valence-corrected chi connectivity index (χ1v) is 18.6. The van der Waals surface area contributed by atoms with E-state index in [0.717, 1.165) is 44.0 Å². The van der Waals surface area contributed by atoms with E-state index in [0.29, 0.717) is 0 Å². The Morgan fingerprint density at radius 3 is 1.26 bits per heavy atom. The minimum absolute atomic E-state index is 0.0651. The fourth-order valence-corrected chi connectivity index (χ4v) is 8.12. The maximum Gasteiger partial charge on any atom is 0.143 e. The Morgan fingerprint density at radius 2 is 0.704 bits per heavy atom. The Balaban J connectivity index is 1.10. The molecule has 1 aromatic heterocycles. The summed E-state index contributed by atoms with van der Waals surface area (Å²) in [4.78, 5) is 0. The van der Waals surface area contributed by atoms with Crippen LogP contribution in [0, 0.1) is 0 Å². The molecular weight excluding hydrogens is 653 g/mol. The van der Waals surface area contributed by atoms with Gasteiger partial charge in [0.25, 0.3) is 0 Å². The Labute approximate surface area is 315 Å². The van der Waals surface area contributed by atoms with Gasteiger partial charge >= 0.3 is 0 Å². The molecular formula is C53H36O. The van der Waals surface area contributed by atoms with Gasteiger partial charge in [-0.05, 0) is 73.2 Å². The first-order chi connectivity index (χ1) is 26.8. The van der Waals surface area contributed by atoms with Crippen molar-refractivity contribution in [1.29, 1.82) is 0 Å². The maximum absolute atomic E-state index is 6.87. The van der Waals surface area contributed by atoms with Crippen LogP contribution in [-0.2, 0) is 0 Å². The number of benzene rings is 9. The molecule has 10 rings (SSSR count). The molecule has 0 radical (unpaired) electrons. The first-order valence-electron chi connectivity index (χ1n) is 18.6. The van der Waals surface area contributed by atoms with Crippen LogP contribution >= 0.6 is 0 Å². The van der Waals surface area contributed by atoms with Gasteiger partial charge in [-0.15, -0.1) is 0 Å². The van der Waals surface area contributed by atoms with Crippen molar-refractivity contribution < 1.29 is 4.42 Å². The average Bonchev–Trinajstić information content (AvgIpc) is 3.66. The van der Waals surface area contributed by atoms with Gasteiger partial charge in [-0.3, -0.25) is 0 Å². The highest BCUT2D eigenvalue weighted by Gasteiger charge is 2.21. The molecule has 0 aliphatic heterocycles. The van der Waals surface area contributed by atoms with Crippen LogP contribution < -0.4 is 0 Å². The van der Waals surface area contributed by atoms with E-state index in [1.807, 2.05) is 0 Å². The van der Waals surface area contributed by atoms with Gasteiger partial charge in [0.15, 0.2) is 0 Å². The Kier molecular flexibility index (Phi) is 7.96. The Bertz CT molecular complexity index is 2790. The fraction of sp³-hybridized carbons (Fsp3) is 0.0189. The van der Waals surface area contributed by atoms with E-state index in [4.69, 9.17) is 4.42 Å². The van der Waals surface area contributed by atoms with Crippen molar-refractivity contribution in [2.45, 2.75) is 5.92 Å². The molecule has 0 fully saturated rings. The number of furan rings is 1. The van der Waals surface area contributed by atoms with Crippen LogP contribution in [-0.4, -0.2) is 0 Å². The van der Waals surface area contributed by atoms with Gasteiger partial charge in [0, 0.05) is 27.6 Å². The average molecular weight is 689 g/mol. The van der Waals surface area contributed by atoms with Crippen LogP contribution in [0.5, 0.6) is 0 Å². The molecule has 0 N–H and O–H groups in total. The molecule has 0 atom stereocenters. The van der Waals surface area contributed by atoms with Gasteiger partial charge in [-0.25, -0.2) is 0 Å². The van der Waals surface area contributed by atoms with Crippen LogP contribution in [0.1, 0.15) is 22.6 Å². The van der Waals surface area contributed by atoms with Gasteiger partial charge in [-0.1, -0.05) is 200 Å². The SMILES string of the molecule is c1ccc(-c2ccc(C(c3ccc(-c4ccccc4)cc3)c3ccc(-c4ccc(-c5ccccc5)c5oc6c7ccccc7ccc6c45)cc3)cc2)cc1. The second-order valence-corrected chi connectivity index (χ2v) is 14.0. The largest absolute Gasteiger partial charge is 0.455 e. The highest BCUT2D eigenvalue weighted by molar-refractivity contribution is 6.21. The van der Waals surface area contributed by atoms with Crippen molar-refractivity contribution in [2.75, 3.05) is 0 Å². The summed E-state index contributed by atoms with van der Waals surface area (Å²) in [5.41, 5.74) is 15.1.